The zero-order valence-corrected chi connectivity index (χ0v) is 12.2. The van der Waals surface area contributed by atoms with Crippen molar-refractivity contribution < 1.29 is 13.2 Å². The predicted octanol–water partition coefficient (Wildman–Crippen LogP) is 1.12. The van der Waals surface area contributed by atoms with E-state index in [4.69, 9.17) is 0 Å². The van der Waals surface area contributed by atoms with E-state index >= 15 is 0 Å². The van der Waals surface area contributed by atoms with Crippen molar-refractivity contribution in [2.24, 2.45) is 0 Å². The number of carbonyl (C=O) groups excluding carboxylic acids is 1. The van der Waals surface area contributed by atoms with E-state index in [9.17, 15) is 13.2 Å². The van der Waals surface area contributed by atoms with Crippen molar-refractivity contribution in [2.45, 2.75) is 42.3 Å². The molecule has 5 nitrogen and oxygen atoms in total. The van der Waals surface area contributed by atoms with Gasteiger partial charge in [0.15, 0.2) is 9.84 Å². The summed E-state index contributed by atoms with van der Waals surface area (Å²) in [6, 6.07) is 6.14. The Bertz CT molecular complexity index is 631. The fraction of sp³-hybridized carbons (Fsp3) is 0.500. The first-order chi connectivity index (χ1) is 9.40. The molecule has 1 unspecified atom stereocenters. The van der Waals surface area contributed by atoms with Crippen molar-refractivity contribution in [1.82, 2.24) is 10.6 Å². The van der Waals surface area contributed by atoms with Crippen LogP contribution in [0.5, 0.6) is 0 Å². The lowest BCUT2D eigenvalue weighted by Crippen LogP contribution is -2.46. The molecule has 1 saturated carbocycles. The summed E-state index contributed by atoms with van der Waals surface area (Å²) in [5, 5.41) is 6.43. The van der Waals surface area contributed by atoms with Gasteiger partial charge in [-0.25, -0.2) is 8.42 Å². The Hall–Kier alpha value is -1.40. The largest absolute Gasteiger partial charge is 0.336 e. The second-order valence-electron chi connectivity index (χ2n) is 5.70. The molecule has 1 amide bonds. The molecule has 1 aliphatic carbocycles. The molecular formula is C14H18N2O3S. The van der Waals surface area contributed by atoms with Gasteiger partial charge in [-0.05, 0) is 43.4 Å². The van der Waals surface area contributed by atoms with Crippen LogP contribution >= 0.6 is 0 Å². The van der Waals surface area contributed by atoms with Gasteiger partial charge < -0.3 is 5.32 Å². The number of hydrogen-bond acceptors (Lipinski definition) is 4. The van der Waals surface area contributed by atoms with E-state index in [1.807, 2.05) is 0 Å². The number of benzene rings is 1. The smallest absolute Gasteiger partial charge is 0.243 e. The Kier molecular flexibility index (Phi) is 3.10. The first kappa shape index (κ1) is 13.6. The standard InChI is InChI=1S/C14H18N2O3S/c1-20(18,19)11-6-4-10(5-7-11)12-13(17)16-14(15-12)8-2-3-9-14/h4-7,12,15H,2-3,8-9H2,1H3,(H,16,17). The van der Waals surface area contributed by atoms with Gasteiger partial charge in [0.05, 0.1) is 10.6 Å². The van der Waals surface area contributed by atoms with E-state index in [-0.39, 0.29) is 22.5 Å². The summed E-state index contributed by atoms with van der Waals surface area (Å²) < 4.78 is 22.9. The van der Waals surface area contributed by atoms with Crippen LogP contribution in [0.4, 0.5) is 0 Å². The third kappa shape index (κ3) is 2.33. The molecule has 3 rings (SSSR count). The maximum atomic E-state index is 12.1. The van der Waals surface area contributed by atoms with Crippen molar-refractivity contribution in [3.05, 3.63) is 29.8 Å². The molecule has 1 heterocycles. The Morgan fingerprint density at radius 2 is 1.75 bits per heavy atom. The summed E-state index contributed by atoms with van der Waals surface area (Å²) in [5.41, 5.74) is 0.552. The van der Waals surface area contributed by atoms with Crippen molar-refractivity contribution in [1.29, 1.82) is 0 Å². The average molecular weight is 294 g/mol. The molecule has 1 aliphatic heterocycles. The van der Waals surface area contributed by atoms with Gasteiger partial charge in [-0.15, -0.1) is 0 Å². The van der Waals surface area contributed by atoms with E-state index in [1.165, 1.54) is 6.26 Å². The van der Waals surface area contributed by atoms with Crippen LogP contribution in [0.3, 0.4) is 0 Å². The molecule has 2 N–H and O–H groups in total. The summed E-state index contributed by atoms with van der Waals surface area (Å²) >= 11 is 0. The number of hydrogen-bond donors (Lipinski definition) is 2. The molecule has 2 fully saturated rings. The highest BCUT2D eigenvalue weighted by atomic mass is 32.2. The molecule has 1 aromatic rings. The number of nitrogens with one attached hydrogen (secondary N) is 2. The van der Waals surface area contributed by atoms with Crippen molar-refractivity contribution in [2.75, 3.05) is 6.26 Å². The molecule has 108 valence electrons. The van der Waals surface area contributed by atoms with Crippen LogP contribution in [-0.2, 0) is 14.6 Å². The maximum Gasteiger partial charge on any atom is 0.243 e. The molecule has 1 atom stereocenters. The quantitative estimate of drug-likeness (QED) is 0.857. The highest BCUT2D eigenvalue weighted by molar-refractivity contribution is 7.90. The van der Waals surface area contributed by atoms with Crippen LogP contribution in [0.15, 0.2) is 29.2 Å². The number of amides is 1. The highest BCUT2D eigenvalue weighted by Gasteiger charge is 2.45. The van der Waals surface area contributed by atoms with Gasteiger partial charge in [0.25, 0.3) is 0 Å². The summed E-state index contributed by atoms with van der Waals surface area (Å²) in [7, 11) is -3.20. The lowest BCUT2D eigenvalue weighted by Gasteiger charge is -2.23. The first-order valence-electron chi connectivity index (χ1n) is 6.79. The molecule has 0 radical (unpaired) electrons. The van der Waals surface area contributed by atoms with Crippen LogP contribution < -0.4 is 10.6 Å². The van der Waals surface area contributed by atoms with Crippen LogP contribution in [-0.4, -0.2) is 26.2 Å². The van der Waals surface area contributed by atoms with Crippen molar-refractivity contribution >= 4 is 15.7 Å². The molecule has 1 spiro atoms. The normalized spacial score (nSPS) is 25.1. The lowest BCUT2D eigenvalue weighted by molar-refractivity contribution is -0.121. The van der Waals surface area contributed by atoms with E-state index < -0.39 is 9.84 Å². The van der Waals surface area contributed by atoms with E-state index in [1.54, 1.807) is 24.3 Å². The van der Waals surface area contributed by atoms with Crippen LogP contribution in [0.1, 0.15) is 37.3 Å². The van der Waals surface area contributed by atoms with Gasteiger partial charge in [-0.2, -0.15) is 0 Å². The average Bonchev–Trinajstić information content (AvgIpc) is 2.96. The molecule has 1 aromatic carbocycles. The van der Waals surface area contributed by atoms with Crippen LogP contribution in [0, 0.1) is 0 Å². The second-order valence-corrected chi connectivity index (χ2v) is 7.71. The van der Waals surface area contributed by atoms with Crippen molar-refractivity contribution in [3.63, 3.8) is 0 Å². The van der Waals surface area contributed by atoms with Gasteiger partial charge in [0.1, 0.15) is 6.04 Å². The monoisotopic (exact) mass is 294 g/mol. The molecular weight excluding hydrogens is 276 g/mol. The Morgan fingerprint density at radius 1 is 1.15 bits per heavy atom. The zero-order valence-electron chi connectivity index (χ0n) is 11.3. The van der Waals surface area contributed by atoms with E-state index in [0.29, 0.717) is 0 Å². The van der Waals surface area contributed by atoms with Gasteiger partial charge in [-0.3, -0.25) is 10.1 Å². The van der Waals surface area contributed by atoms with Gasteiger partial charge in [0, 0.05) is 6.26 Å². The molecule has 20 heavy (non-hydrogen) atoms. The molecule has 1 saturated heterocycles. The maximum absolute atomic E-state index is 12.1. The third-order valence-electron chi connectivity index (χ3n) is 4.14. The van der Waals surface area contributed by atoms with Crippen molar-refractivity contribution in [3.8, 4) is 0 Å². The number of sulfone groups is 1. The Morgan fingerprint density at radius 3 is 2.30 bits per heavy atom. The van der Waals surface area contributed by atoms with E-state index in [2.05, 4.69) is 10.6 Å². The minimum Gasteiger partial charge on any atom is -0.336 e. The number of rotatable bonds is 2. The number of carbonyl (C=O) groups is 1. The zero-order chi connectivity index (χ0) is 14.4. The fourth-order valence-electron chi connectivity index (χ4n) is 3.08. The Labute approximate surface area is 118 Å². The molecule has 0 aromatic heterocycles. The summed E-state index contributed by atoms with van der Waals surface area (Å²) in [4.78, 5) is 12.4. The second kappa shape index (κ2) is 4.56. The van der Waals surface area contributed by atoms with Gasteiger partial charge in [0.2, 0.25) is 5.91 Å². The van der Waals surface area contributed by atoms with Crippen LogP contribution in [0.25, 0.3) is 0 Å². The highest BCUT2D eigenvalue weighted by Crippen LogP contribution is 2.34. The SMILES string of the molecule is CS(=O)(=O)c1ccc(C2NC3(CCCC3)NC2=O)cc1. The summed E-state index contributed by atoms with van der Waals surface area (Å²) in [6.07, 6.45) is 5.32. The predicted molar refractivity (Wildman–Crippen MR) is 74.8 cm³/mol. The summed E-state index contributed by atoms with van der Waals surface area (Å²) in [6.45, 7) is 0. The van der Waals surface area contributed by atoms with E-state index in [0.717, 1.165) is 31.2 Å². The lowest BCUT2D eigenvalue weighted by atomic mass is 10.1. The van der Waals surface area contributed by atoms with Crippen LogP contribution in [0.2, 0.25) is 0 Å². The Balaban J connectivity index is 1.85. The fourth-order valence-corrected chi connectivity index (χ4v) is 3.71. The minimum absolute atomic E-state index is 0.0287. The molecule has 2 aliphatic rings. The molecule has 0 bridgehead atoms. The third-order valence-corrected chi connectivity index (χ3v) is 5.27. The van der Waals surface area contributed by atoms with Gasteiger partial charge in [-0.1, -0.05) is 12.1 Å². The minimum atomic E-state index is -3.20. The summed E-state index contributed by atoms with van der Waals surface area (Å²) in [5.74, 6) is -0.0287. The topological polar surface area (TPSA) is 75.3 Å². The molecule has 6 heteroatoms. The first-order valence-corrected chi connectivity index (χ1v) is 8.69. The van der Waals surface area contributed by atoms with Gasteiger partial charge >= 0.3 is 0 Å².